The zero-order valence-corrected chi connectivity index (χ0v) is 26.6. The molecule has 3 aliphatic rings. The Balaban J connectivity index is 1.82. The first-order chi connectivity index (χ1) is 20.4. The average Bonchev–Trinajstić information content (AvgIpc) is 3.53. The third-order valence-corrected chi connectivity index (χ3v) is 9.33. The minimum absolute atomic E-state index is 0.148. The molecule has 0 aromatic heterocycles. The van der Waals surface area contributed by atoms with Gasteiger partial charge in [-0.25, -0.2) is 0 Å². The van der Waals surface area contributed by atoms with Crippen LogP contribution in [0.15, 0.2) is 49.6 Å². The van der Waals surface area contributed by atoms with Gasteiger partial charge in [0.1, 0.15) is 17.4 Å². The van der Waals surface area contributed by atoms with Gasteiger partial charge in [-0.05, 0) is 77.1 Å². The van der Waals surface area contributed by atoms with Crippen molar-refractivity contribution < 1.29 is 29.0 Å². The number of carbonyl (C=O) groups is 3. The Hall–Kier alpha value is -3.17. The Morgan fingerprint density at radius 1 is 1.12 bits per heavy atom. The van der Waals surface area contributed by atoms with E-state index in [1.165, 1.54) is 0 Å². The van der Waals surface area contributed by atoms with Crippen LogP contribution in [0.3, 0.4) is 0 Å². The number of aliphatic hydroxyl groups excluding tert-OH is 1. The van der Waals surface area contributed by atoms with Crippen molar-refractivity contribution in [1.82, 2.24) is 9.80 Å². The number of aliphatic hydroxyl groups is 1. The highest BCUT2D eigenvalue weighted by atomic mass is 16.5. The van der Waals surface area contributed by atoms with Crippen LogP contribution in [-0.4, -0.2) is 88.3 Å². The number of fused-ring (bicyclic) bond motifs is 1. The highest BCUT2D eigenvalue weighted by Gasteiger charge is 2.79. The van der Waals surface area contributed by atoms with Crippen LogP contribution < -0.4 is 9.64 Å². The zero-order chi connectivity index (χ0) is 31.7. The molecule has 3 aliphatic heterocycles. The van der Waals surface area contributed by atoms with Gasteiger partial charge in [-0.3, -0.25) is 14.4 Å². The molecule has 0 radical (unpaired) electrons. The highest BCUT2D eigenvalue weighted by molar-refractivity contribution is 6.03. The molecule has 3 heterocycles. The molecule has 1 aromatic carbocycles. The summed E-state index contributed by atoms with van der Waals surface area (Å²) < 4.78 is 12.4. The lowest BCUT2D eigenvalue weighted by molar-refractivity contribution is -0.156. The number of rotatable bonds is 14. The molecule has 1 spiro atoms. The van der Waals surface area contributed by atoms with Crippen molar-refractivity contribution in [2.75, 3.05) is 31.2 Å². The van der Waals surface area contributed by atoms with E-state index in [2.05, 4.69) is 13.2 Å². The second-order valence-electron chi connectivity index (χ2n) is 13.0. The van der Waals surface area contributed by atoms with Crippen LogP contribution in [0.2, 0.25) is 0 Å². The summed E-state index contributed by atoms with van der Waals surface area (Å²) in [6.45, 7) is 20.2. The van der Waals surface area contributed by atoms with Crippen LogP contribution >= 0.6 is 0 Å². The smallest absolute Gasteiger partial charge is 0.248 e. The normalized spacial score (nSPS) is 28.3. The van der Waals surface area contributed by atoms with Crippen molar-refractivity contribution in [3.05, 3.63) is 49.6 Å². The molecule has 1 N–H and O–H groups in total. The number of nitrogens with zero attached hydrogens (tertiary/aromatic N) is 3. The van der Waals surface area contributed by atoms with E-state index in [0.717, 1.165) is 0 Å². The van der Waals surface area contributed by atoms with Gasteiger partial charge in [0, 0.05) is 24.8 Å². The zero-order valence-electron chi connectivity index (χ0n) is 26.6. The molecule has 0 saturated carbocycles. The van der Waals surface area contributed by atoms with Gasteiger partial charge in [0.25, 0.3) is 0 Å². The molecule has 2 unspecified atom stereocenters. The van der Waals surface area contributed by atoms with E-state index in [9.17, 15) is 19.5 Å². The molecule has 2 bridgehead atoms. The van der Waals surface area contributed by atoms with Gasteiger partial charge in [0.05, 0.1) is 36.7 Å². The number of benzene rings is 1. The molecular formula is C34H49N3O6. The summed E-state index contributed by atoms with van der Waals surface area (Å²) in [4.78, 5) is 48.7. The predicted octanol–water partition coefficient (Wildman–Crippen LogP) is 4.20. The lowest BCUT2D eigenvalue weighted by Crippen LogP contribution is -2.60. The lowest BCUT2D eigenvalue weighted by Gasteiger charge is -2.40. The maximum atomic E-state index is 14.6. The quantitative estimate of drug-likeness (QED) is 0.324. The summed E-state index contributed by atoms with van der Waals surface area (Å²) >= 11 is 0. The van der Waals surface area contributed by atoms with Gasteiger partial charge in [-0.1, -0.05) is 26.0 Å². The first-order valence-corrected chi connectivity index (χ1v) is 15.6. The molecule has 43 heavy (non-hydrogen) atoms. The van der Waals surface area contributed by atoms with Gasteiger partial charge >= 0.3 is 0 Å². The van der Waals surface area contributed by atoms with E-state index in [1.807, 2.05) is 65.8 Å². The van der Waals surface area contributed by atoms with E-state index in [0.29, 0.717) is 43.9 Å². The minimum Gasteiger partial charge on any atom is -0.494 e. The Bertz CT molecular complexity index is 1210. The number of ether oxygens (including phenoxy) is 2. The summed E-state index contributed by atoms with van der Waals surface area (Å²) in [7, 11) is 0. The van der Waals surface area contributed by atoms with Crippen molar-refractivity contribution in [2.24, 2.45) is 17.8 Å². The monoisotopic (exact) mass is 595 g/mol. The number of likely N-dealkylation sites (tertiary alicyclic amines) is 1. The average molecular weight is 596 g/mol. The fraction of sp³-hybridized carbons (Fsp3) is 0.618. The lowest BCUT2D eigenvalue weighted by atomic mass is 9.66. The fourth-order valence-electron chi connectivity index (χ4n) is 7.59. The number of anilines is 1. The summed E-state index contributed by atoms with van der Waals surface area (Å²) in [6.07, 6.45) is 4.86. The molecule has 3 fully saturated rings. The first-order valence-electron chi connectivity index (χ1n) is 15.6. The standard InChI is InChI=1S/C34H49N3O6/c1-9-18-35(23(6)7)32(41)29-34-17-16-33(8,43-34)27(28(34)31(40)37(29)25(21-38)20-22(4)5)30(39)36(19-10-2)24-12-14-26(15-13-24)42-11-3/h9-10,12-15,22-23,25,27-29,38H,1-2,11,16-21H2,3-8H3/t25-,27-,28+,29?,33+,34?/m1/s1. The molecule has 6 atom stereocenters. The molecule has 9 nitrogen and oxygen atoms in total. The summed E-state index contributed by atoms with van der Waals surface area (Å²) in [5.41, 5.74) is -1.45. The van der Waals surface area contributed by atoms with Gasteiger partial charge < -0.3 is 29.3 Å². The maximum Gasteiger partial charge on any atom is 0.248 e. The predicted molar refractivity (Wildman–Crippen MR) is 167 cm³/mol. The second-order valence-corrected chi connectivity index (χ2v) is 13.0. The number of amides is 3. The van der Waals surface area contributed by atoms with Crippen LogP contribution in [0.5, 0.6) is 5.75 Å². The Kier molecular flexibility index (Phi) is 9.76. The minimum atomic E-state index is -1.18. The molecule has 9 heteroatoms. The number of hydrogen-bond acceptors (Lipinski definition) is 6. The third-order valence-electron chi connectivity index (χ3n) is 9.33. The van der Waals surface area contributed by atoms with Crippen LogP contribution in [0, 0.1) is 17.8 Å². The van der Waals surface area contributed by atoms with E-state index in [4.69, 9.17) is 9.47 Å². The molecule has 4 rings (SSSR count). The topological polar surface area (TPSA) is 99.6 Å². The molecule has 0 aliphatic carbocycles. The van der Waals surface area contributed by atoms with E-state index in [-0.39, 0.29) is 42.8 Å². The number of carbonyl (C=O) groups excluding carboxylic acids is 3. The summed E-state index contributed by atoms with van der Waals surface area (Å²) in [5, 5.41) is 10.6. The largest absolute Gasteiger partial charge is 0.494 e. The maximum absolute atomic E-state index is 14.6. The second kappa shape index (κ2) is 12.8. The van der Waals surface area contributed by atoms with Crippen LogP contribution in [0.25, 0.3) is 0 Å². The SMILES string of the molecule is C=CCN(C(=O)[C@H]1[C@H]2C(=O)N([C@@H](CO)CC(C)C)C(C(=O)N(CC=C)C(C)C)C23CC[C@]1(C)O3)c1ccc(OCC)cc1. The van der Waals surface area contributed by atoms with E-state index >= 15 is 0 Å². The van der Waals surface area contributed by atoms with Crippen molar-refractivity contribution in [3.63, 3.8) is 0 Å². The van der Waals surface area contributed by atoms with E-state index < -0.39 is 35.1 Å². The van der Waals surface area contributed by atoms with Crippen molar-refractivity contribution >= 4 is 23.4 Å². The first kappa shape index (κ1) is 32.7. The summed E-state index contributed by atoms with van der Waals surface area (Å²) in [6, 6.07) is 5.60. The van der Waals surface area contributed by atoms with Crippen LogP contribution in [0.4, 0.5) is 5.69 Å². The van der Waals surface area contributed by atoms with Gasteiger partial charge in [0.2, 0.25) is 17.7 Å². The highest BCUT2D eigenvalue weighted by Crippen LogP contribution is 2.64. The van der Waals surface area contributed by atoms with Gasteiger partial charge in [-0.2, -0.15) is 0 Å². The molecule has 3 amide bonds. The third kappa shape index (κ3) is 5.62. The van der Waals surface area contributed by atoms with Gasteiger partial charge in [0.15, 0.2) is 0 Å². The summed E-state index contributed by atoms with van der Waals surface area (Å²) in [5.74, 6) is -1.58. The van der Waals surface area contributed by atoms with Crippen molar-refractivity contribution in [2.45, 2.75) is 90.1 Å². The Morgan fingerprint density at radius 2 is 1.77 bits per heavy atom. The molecular weight excluding hydrogens is 546 g/mol. The van der Waals surface area contributed by atoms with Crippen molar-refractivity contribution in [1.29, 1.82) is 0 Å². The number of hydrogen-bond donors (Lipinski definition) is 1. The van der Waals surface area contributed by atoms with E-state index in [1.54, 1.807) is 26.9 Å². The van der Waals surface area contributed by atoms with Crippen LogP contribution in [0.1, 0.15) is 60.8 Å². The van der Waals surface area contributed by atoms with Crippen LogP contribution in [-0.2, 0) is 19.1 Å². The van der Waals surface area contributed by atoms with Gasteiger partial charge in [-0.15, -0.1) is 13.2 Å². The van der Waals surface area contributed by atoms with Crippen molar-refractivity contribution in [3.8, 4) is 5.75 Å². The molecule has 3 saturated heterocycles. The Morgan fingerprint density at radius 3 is 2.30 bits per heavy atom. The molecule has 1 aromatic rings. The fourth-order valence-corrected chi connectivity index (χ4v) is 7.59. The Labute approximate surface area is 256 Å². The molecule has 236 valence electrons.